The van der Waals surface area contributed by atoms with Crippen LogP contribution < -0.4 is 5.32 Å². The maximum absolute atomic E-state index is 12.8. The zero-order chi connectivity index (χ0) is 23.5. The van der Waals surface area contributed by atoms with Crippen LogP contribution in [0.4, 0.5) is 0 Å². The van der Waals surface area contributed by atoms with E-state index in [0.29, 0.717) is 22.7 Å². The average molecular weight is 508 g/mol. The van der Waals surface area contributed by atoms with Gasteiger partial charge in [0.15, 0.2) is 0 Å². The van der Waals surface area contributed by atoms with Gasteiger partial charge in [-0.15, -0.1) is 22.0 Å². The standard InChI is InChI=1S/C19H17N5O6S3/c25-13(26)6-11-22-23-19(30-11)33-8-10-7-32-17-14(16(27)24(17)15(10)18(28)29)21-12(31)5-9-1-3-20-4-2-9/h1-4,14,17H,5-8H2,(H,21,31)(H,25,26)(H,28,29)/t14?,17-/m1/s1. The van der Waals surface area contributed by atoms with Crippen LogP contribution in [0.5, 0.6) is 0 Å². The monoisotopic (exact) mass is 507 g/mol. The zero-order valence-corrected chi connectivity index (χ0v) is 19.3. The average Bonchev–Trinajstić information content (AvgIpc) is 3.22. The minimum absolute atomic E-state index is 0.0370. The Morgan fingerprint density at radius 2 is 2.03 bits per heavy atom. The number of nitrogens with one attached hydrogen (secondary N) is 1. The fourth-order valence-electron chi connectivity index (χ4n) is 3.35. The lowest BCUT2D eigenvalue weighted by Gasteiger charge is -2.49. The highest BCUT2D eigenvalue weighted by molar-refractivity contribution is 8.01. The van der Waals surface area contributed by atoms with E-state index in [0.717, 1.165) is 17.3 Å². The van der Waals surface area contributed by atoms with Crippen molar-refractivity contribution in [2.75, 3.05) is 11.5 Å². The number of hydrogen-bond acceptors (Lipinski definition) is 10. The highest BCUT2D eigenvalue weighted by atomic mass is 32.2. The number of aliphatic carboxylic acids is 2. The van der Waals surface area contributed by atoms with Gasteiger partial charge in [-0.3, -0.25) is 19.5 Å². The first-order valence-electron chi connectivity index (χ1n) is 9.58. The molecule has 1 fully saturated rings. The lowest BCUT2D eigenvalue weighted by atomic mass is 10.0. The molecular weight excluding hydrogens is 490 g/mol. The molecule has 1 amide bonds. The predicted molar refractivity (Wildman–Crippen MR) is 122 cm³/mol. The summed E-state index contributed by atoms with van der Waals surface area (Å²) in [5, 5.41) is 28.8. The van der Waals surface area contributed by atoms with Gasteiger partial charge in [-0.2, -0.15) is 0 Å². The smallest absolute Gasteiger partial charge is 0.352 e. The molecule has 2 aliphatic rings. The summed E-state index contributed by atoms with van der Waals surface area (Å²) in [6.45, 7) is 0. The number of β-lactam (4-membered cyclic amide) rings is 1. The third-order valence-corrected chi connectivity index (χ3v) is 7.31. The van der Waals surface area contributed by atoms with Crippen LogP contribution in [0.25, 0.3) is 0 Å². The fraction of sp³-hybridized carbons (Fsp3) is 0.316. The van der Waals surface area contributed by atoms with Gasteiger partial charge in [0.2, 0.25) is 5.89 Å². The Balaban J connectivity index is 1.41. The maximum Gasteiger partial charge on any atom is 0.352 e. The normalized spacial score (nSPS) is 19.6. The van der Waals surface area contributed by atoms with E-state index in [1.165, 1.54) is 16.7 Å². The number of nitrogens with zero attached hydrogens (tertiary/aromatic N) is 4. The molecule has 11 nitrogen and oxygen atoms in total. The number of pyridine rings is 1. The molecule has 0 spiro atoms. The molecule has 0 radical (unpaired) electrons. The van der Waals surface area contributed by atoms with Crippen molar-refractivity contribution in [3.63, 3.8) is 0 Å². The van der Waals surface area contributed by atoms with Crippen LogP contribution >= 0.6 is 35.7 Å². The number of thioether (sulfide) groups is 2. The number of rotatable bonds is 9. The van der Waals surface area contributed by atoms with Crippen molar-refractivity contribution in [3.05, 3.63) is 47.3 Å². The Labute approximate surface area is 201 Å². The van der Waals surface area contributed by atoms with Gasteiger partial charge in [-0.1, -0.05) is 24.0 Å². The molecule has 172 valence electrons. The summed E-state index contributed by atoms with van der Waals surface area (Å²) >= 11 is 7.92. The Morgan fingerprint density at radius 1 is 1.27 bits per heavy atom. The van der Waals surface area contributed by atoms with E-state index in [9.17, 15) is 19.5 Å². The van der Waals surface area contributed by atoms with Crippen LogP contribution in [0.15, 0.2) is 45.4 Å². The van der Waals surface area contributed by atoms with Crippen molar-refractivity contribution in [1.29, 1.82) is 0 Å². The van der Waals surface area contributed by atoms with Crippen molar-refractivity contribution >= 4 is 58.6 Å². The second kappa shape index (κ2) is 9.89. The number of carboxylic acids is 2. The van der Waals surface area contributed by atoms with Gasteiger partial charge in [-0.25, -0.2) is 4.79 Å². The van der Waals surface area contributed by atoms with Crippen molar-refractivity contribution in [2.24, 2.45) is 0 Å². The summed E-state index contributed by atoms with van der Waals surface area (Å²) in [4.78, 5) is 41.2. The van der Waals surface area contributed by atoms with E-state index in [2.05, 4.69) is 20.5 Å². The van der Waals surface area contributed by atoms with Crippen LogP contribution in [-0.2, 0) is 27.2 Å². The number of fused-ring (bicyclic) bond motifs is 1. The number of hydrogen-bond donors (Lipinski definition) is 3. The van der Waals surface area contributed by atoms with E-state index in [4.69, 9.17) is 21.7 Å². The highest BCUT2D eigenvalue weighted by Crippen LogP contribution is 2.41. The number of amides is 1. The molecule has 33 heavy (non-hydrogen) atoms. The van der Waals surface area contributed by atoms with E-state index < -0.39 is 24.4 Å². The first-order chi connectivity index (χ1) is 15.8. The predicted octanol–water partition coefficient (Wildman–Crippen LogP) is 0.966. The summed E-state index contributed by atoms with van der Waals surface area (Å²) in [5.41, 5.74) is 1.44. The Kier molecular flexibility index (Phi) is 6.95. The first kappa shape index (κ1) is 23.2. The Bertz CT molecular complexity index is 1140. The van der Waals surface area contributed by atoms with E-state index in [1.807, 2.05) is 12.1 Å². The van der Waals surface area contributed by atoms with Gasteiger partial charge in [0.05, 0.1) is 4.99 Å². The van der Waals surface area contributed by atoms with Crippen molar-refractivity contribution in [3.8, 4) is 0 Å². The first-order valence-corrected chi connectivity index (χ1v) is 12.0. The molecule has 1 unspecified atom stereocenters. The number of carbonyl (C=O) groups excluding carboxylic acids is 1. The maximum atomic E-state index is 12.8. The molecule has 2 aromatic rings. The van der Waals surface area contributed by atoms with Gasteiger partial charge < -0.3 is 19.9 Å². The lowest BCUT2D eigenvalue weighted by Crippen LogP contribution is -2.70. The number of aromatic nitrogens is 3. The van der Waals surface area contributed by atoms with E-state index in [-0.39, 0.29) is 33.8 Å². The van der Waals surface area contributed by atoms with Gasteiger partial charge in [0.1, 0.15) is 23.5 Å². The summed E-state index contributed by atoms with van der Waals surface area (Å²) in [5.74, 6) is -2.08. The summed E-state index contributed by atoms with van der Waals surface area (Å²) in [6, 6.07) is 3.07. The molecule has 1 saturated heterocycles. The molecule has 0 aliphatic carbocycles. The van der Waals surface area contributed by atoms with Crippen molar-refractivity contribution < 1.29 is 29.0 Å². The summed E-state index contributed by atoms with van der Waals surface area (Å²) in [7, 11) is 0. The minimum atomic E-state index is -1.20. The van der Waals surface area contributed by atoms with Crippen molar-refractivity contribution in [2.45, 2.75) is 29.5 Å². The molecule has 0 saturated carbocycles. The molecule has 2 atom stereocenters. The lowest BCUT2D eigenvalue weighted by molar-refractivity contribution is -0.148. The number of carbonyl (C=O) groups is 3. The van der Waals surface area contributed by atoms with Gasteiger partial charge in [0.25, 0.3) is 11.1 Å². The minimum Gasteiger partial charge on any atom is -0.481 e. The number of thiocarbonyl (C=S) groups is 1. The van der Waals surface area contributed by atoms with Gasteiger partial charge in [-0.05, 0) is 23.3 Å². The largest absolute Gasteiger partial charge is 0.481 e. The highest BCUT2D eigenvalue weighted by Gasteiger charge is 2.53. The second-order valence-corrected chi connectivity index (χ2v) is 9.59. The molecule has 2 aliphatic heterocycles. The van der Waals surface area contributed by atoms with E-state index >= 15 is 0 Å². The van der Waals surface area contributed by atoms with Crippen LogP contribution in [-0.4, -0.2) is 76.1 Å². The molecule has 4 heterocycles. The van der Waals surface area contributed by atoms with Crippen LogP contribution in [0, 0.1) is 0 Å². The van der Waals surface area contributed by atoms with Crippen LogP contribution in [0.1, 0.15) is 11.5 Å². The van der Waals surface area contributed by atoms with Crippen LogP contribution in [0.2, 0.25) is 0 Å². The van der Waals surface area contributed by atoms with Gasteiger partial charge >= 0.3 is 11.9 Å². The van der Waals surface area contributed by atoms with E-state index in [1.54, 1.807) is 12.4 Å². The third kappa shape index (κ3) is 5.17. The third-order valence-electron chi connectivity index (χ3n) is 4.80. The molecule has 0 aromatic carbocycles. The molecular formula is C19H17N5O6S3. The topological polar surface area (TPSA) is 159 Å². The zero-order valence-electron chi connectivity index (χ0n) is 16.8. The summed E-state index contributed by atoms with van der Waals surface area (Å²) < 4.78 is 5.25. The van der Waals surface area contributed by atoms with Gasteiger partial charge in [0, 0.05) is 30.3 Å². The molecule has 3 N–H and O–H groups in total. The Hall–Kier alpha value is -2.97. The SMILES string of the molecule is O=C(O)Cc1nnc(SCC2=C(C(=O)O)N3C(=O)C(NC(=S)Cc4ccncc4)[C@H]3SC2)o1. The molecule has 2 aromatic heterocycles. The second-order valence-electron chi connectivity index (χ2n) is 7.07. The Morgan fingerprint density at radius 3 is 2.73 bits per heavy atom. The molecule has 14 heteroatoms. The molecule has 4 rings (SSSR count). The summed E-state index contributed by atoms with van der Waals surface area (Å²) in [6.07, 6.45) is 3.39. The molecule has 0 bridgehead atoms. The number of carboxylic acid groups (broad SMARTS) is 2. The fourth-order valence-corrected chi connectivity index (χ4v) is 5.91. The van der Waals surface area contributed by atoms with Crippen molar-refractivity contribution in [1.82, 2.24) is 25.4 Å². The quantitative estimate of drug-likeness (QED) is 0.250. The van der Waals surface area contributed by atoms with Crippen LogP contribution in [0.3, 0.4) is 0 Å².